The van der Waals surface area contributed by atoms with Crippen molar-refractivity contribution < 1.29 is 9.47 Å². The zero-order valence-corrected chi connectivity index (χ0v) is 18.9. The third kappa shape index (κ3) is 5.64. The topological polar surface area (TPSA) is 24.9 Å². The third-order valence-electron chi connectivity index (χ3n) is 5.68. The summed E-state index contributed by atoms with van der Waals surface area (Å²) in [6.07, 6.45) is 1.63. The fourth-order valence-electron chi connectivity index (χ4n) is 3.83. The predicted molar refractivity (Wildman–Crippen MR) is 129 cm³/mol. The van der Waals surface area contributed by atoms with Crippen LogP contribution in [0.4, 0.5) is 0 Å². The Morgan fingerprint density at radius 2 is 0.933 bits per heavy atom. The van der Waals surface area contributed by atoms with Gasteiger partial charge in [-0.25, -0.2) is 0 Å². The highest BCUT2D eigenvalue weighted by atomic mass is 32.1. The van der Waals surface area contributed by atoms with E-state index in [4.69, 9.17) is 33.9 Å². The molecule has 4 nitrogen and oxygen atoms in total. The van der Waals surface area contributed by atoms with Gasteiger partial charge in [0.1, 0.15) is 0 Å². The van der Waals surface area contributed by atoms with Crippen LogP contribution >= 0.6 is 24.4 Å². The largest absolute Gasteiger partial charge is 0.378 e. The second kappa shape index (κ2) is 10.4. The van der Waals surface area contributed by atoms with E-state index < -0.39 is 0 Å². The van der Waals surface area contributed by atoms with Crippen LogP contribution in [0.15, 0.2) is 48.5 Å². The summed E-state index contributed by atoms with van der Waals surface area (Å²) in [7, 11) is 0. The van der Waals surface area contributed by atoms with Crippen LogP contribution in [0.25, 0.3) is 11.1 Å². The Balaban J connectivity index is 1.33. The molecule has 0 atom stereocenters. The zero-order chi connectivity index (χ0) is 20.8. The normalized spacial score (nSPS) is 17.1. The molecular weight excluding hydrogens is 412 g/mol. The number of nitrogens with zero attached hydrogens (tertiary/aromatic N) is 2. The Kier molecular flexibility index (Phi) is 7.44. The lowest BCUT2D eigenvalue weighted by molar-refractivity contribution is 0.0684. The third-order valence-corrected chi connectivity index (χ3v) is 6.48. The average Bonchev–Trinajstić information content (AvgIpc) is 2.81. The second-order valence-electron chi connectivity index (χ2n) is 7.73. The molecule has 2 aliphatic heterocycles. The Morgan fingerprint density at radius 1 is 0.600 bits per heavy atom. The predicted octanol–water partition coefficient (Wildman–Crippen LogP) is 3.76. The van der Waals surface area contributed by atoms with Crippen molar-refractivity contribution in [1.82, 2.24) is 9.80 Å². The first-order valence-corrected chi connectivity index (χ1v) is 11.4. The number of thiocarbonyl (C=S) groups is 2. The van der Waals surface area contributed by atoms with Gasteiger partial charge in [-0.15, -0.1) is 0 Å². The van der Waals surface area contributed by atoms with Crippen LogP contribution in [0.5, 0.6) is 0 Å². The van der Waals surface area contributed by atoms with E-state index in [1.807, 2.05) is 0 Å². The lowest BCUT2D eigenvalue weighted by Gasteiger charge is -2.29. The minimum atomic E-state index is 0.770. The summed E-state index contributed by atoms with van der Waals surface area (Å²) >= 11 is 11.3. The van der Waals surface area contributed by atoms with Gasteiger partial charge in [-0.3, -0.25) is 0 Å². The smallest absolute Gasteiger partial charge is 0.0825 e. The summed E-state index contributed by atoms with van der Waals surface area (Å²) in [5.74, 6) is 0. The van der Waals surface area contributed by atoms with E-state index >= 15 is 0 Å². The molecule has 2 aromatic carbocycles. The van der Waals surface area contributed by atoms with Gasteiger partial charge >= 0.3 is 0 Å². The van der Waals surface area contributed by atoms with E-state index in [1.54, 1.807) is 0 Å². The highest BCUT2D eigenvalue weighted by Gasteiger charge is 2.15. The van der Waals surface area contributed by atoms with Gasteiger partial charge in [0, 0.05) is 39.0 Å². The van der Waals surface area contributed by atoms with Crippen molar-refractivity contribution in [2.24, 2.45) is 0 Å². The van der Waals surface area contributed by atoms with Crippen LogP contribution < -0.4 is 0 Å². The van der Waals surface area contributed by atoms with Crippen LogP contribution in [0.1, 0.15) is 11.1 Å². The molecule has 158 valence electrons. The van der Waals surface area contributed by atoms with Gasteiger partial charge in [-0.1, -0.05) is 73.0 Å². The highest BCUT2D eigenvalue weighted by Crippen LogP contribution is 2.21. The fourth-order valence-corrected chi connectivity index (χ4v) is 4.53. The van der Waals surface area contributed by atoms with Gasteiger partial charge in [-0.2, -0.15) is 0 Å². The Bertz CT molecular complexity index is 782. The molecule has 0 N–H and O–H groups in total. The SMILES string of the molecule is S=C(Cc1ccc(-c2ccc(CC(=S)N3CCOCC3)cc2)cc1)N1CCOCC1. The second-order valence-corrected chi connectivity index (χ2v) is 8.68. The number of hydrogen-bond acceptors (Lipinski definition) is 4. The molecule has 0 aliphatic carbocycles. The van der Waals surface area contributed by atoms with Crippen molar-refractivity contribution in [3.8, 4) is 11.1 Å². The quantitative estimate of drug-likeness (QED) is 0.657. The van der Waals surface area contributed by atoms with Crippen molar-refractivity contribution in [3.63, 3.8) is 0 Å². The van der Waals surface area contributed by atoms with Gasteiger partial charge in [0.05, 0.1) is 36.4 Å². The highest BCUT2D eigenvalue weighted by molar-refractivity contribution is 7.80. The molecule has 0 bridgehead atoms. The molecule has 2 heterocycles. The Labute approximate surface area is 189 Å². The molecule has 0 spiro atoms. The van der Waals surface area contributed by atoms with Crippen LogP contribution in [0.2, 0.25) is 0 Å². The fraction of sp³-hybridized carbons (Fsp3) is 0.417. The molecule has 2 saturated heterocycles. The number of hydrogen-bond donors (Lipinski definition) is 0. The van der Waals surface area contributed by atoms with E-state index in [2.05, 4.69) is 58.3 Å². The molecule has 30 heavy (non-hydrogen) atoms. The van der Waals surface area contributed by atoms with E-state index in [0.29, 0.717) is 0 Å². The maximum absolute atomic E-state index is 5.63. The number of ether oxygens (including phenoxy) is 2. The van der Waals surface area contributed by atoms with Crippen molar-refractivity contribution in [1.29, 1.82) is 0 Å². The molecule has 0 radical (unpaired) electrons. The number of benzene rings is 2. The molecule has 0 saturated carbocycles. The van der Waals surface area contributed by atoms with Gasteiger partial charge in [0.2, 0.25) is 0 Å². The standard InChI is InChI=1S/C24H28N2O2S2/c29-23(25-9-13-27-14-10-25)17-19-1-5-21(6-2-19)22-7-3-20(4-8-22)18-24(30)26-11-15-28-16-12-26/h1-8H,9-18H2. The molecule has 6 heteroatoms. The van der Waals surface area contributed by atoms with Gasteiger partial charge in [0.25, 0.3) is 0 Å². The van der Waals surface area contributed by atoms with Gasteiger partial charge < -0.3 is 19.3 Å². The van der Waals surface area contributed by atoms with E-state index in [1.165, 1.54) is 22.3 Å². The first kappa shape index (κ1) is 21.4. The minimum Gasteiger partial charge on any atom is -0.378 e. The molecule has 0 unspecified atom stereocenters. The molecule has 0 amide bonds. The molecule has 4 rings (SSSR count). The van der Waals surface area contributed by atoms with Crippen LogP contribution in [0.3, 0.4) is 0 Å². The van der Waals surface area contributed by atoms with Crippen molar-refractivity contribution in [3.05, 3.63) is 59.7 Å². The number of morpholine rings is 2. The Hall–Kier alpha value is -1.86. The maximum Gasteiger partial charge on any atom is 0.0825 e. The molecule has 2 fully saturated rings. The summed E-state index contributed by atoms with van der Waals surface area (Å²) in [5.41, 5.74) is 4.95. The summed E-state index contributed by atoms with van der Waals surface area (Å²) in [5, 5.41) is 0. The van der Waals surface area contributed by atoms with E-state index in [-0.39, 0.29) is 0 Å². The van der Waals surface area contributed by atoms with Crippen molar-refractivity contribution >= 4 is 34.4 Å². The number of rotatable bonds is 5. The summed E-state index contributed by atoms with van der Waals surface area (Å²) < 4.78 is 10.8. The van der Waals surface area contributed by atoms with Crippen LogP contribution in [-0.2, 0) is 22.3 Å². The molecular formula is C24H28N2O2S2. The molecule has 2 aromatic rings. The maximum atomic E-state index is 5.63. The lowest BCUT2D eigenvalue weighted by Crippen LogP contribution is -2.40. The summed E-state index contributed by atoms with van der Waals surface area (Å²) in [4.78, 5) is 6.53. The Morgan fingerprint density at radius 3 is 1.27 bits per heavy atom. The monoisotopic (exact) mass is 440 g/mol. The van der Waals surface area contributed by atoms with Gasteiger partial charge in [0.15, 0.2) is 0 Å². The minimum absolute atomic E-state index is 0.770. The zero-order valence-electron chi connectivity index (χ0n) is 17.2. The first-order chi connectivity index (χ1) is 14.7. The molecule has 2 aliphatic rings. The van der Waals surface area contributed by atoms with E-state index in [0.717, 1.165) is 75.4 Å². The first-order valence-electron chi connectivity index (χ1n) is 10.6. The van der Waals surface area contributed by atoms with Crippen LogP contribution in [0, 0.1) is 0 Å². The lowest BCUT2D eigenvalue weighted by atomic mass is 10.0. The summed E-state index contributed by atoms with van der Waals surface area (Å²) in [6.45, 7) is 6.68. The van der Waals surface area contributed by atoms with E-state index in [9.17, 15) is 0 Å². The average molecular weight is 441 g/mol. The van der Waals surface area contributed by atoms with Gasteiger partial charge in [-0.05, 0) is 22.3 Å². The van der Waals surface area contributed by atoms with Crippen LogP contribution in [-0.4, -0.2) is 72.4 Å². The molecule has 0 aromatic heterocycles. The van der Waals surface area contributed by atoms with Crippen molar-refractivity contribution in [2.45, 2.75) is 12.8 Å². The van der Waals surface area contributed by atoms with Crippen molar-refractivity contribution in [2.75, 3.05) is 52.6 Å². The summed E-state index contributed by atoms with van der Waals surface area (Å²) in [6, 6.07) is 17.5.